The summed E-state index contributed by atoms with van der Waals surface area (Å²) in [5.74, 6) is -1.29. The van der Waals surface area contributed by atoms with Crippen molar-refractivity contribution in [2.75, 3.05) is 5.32 Å². The van der Waals surface area contributed by atoms with Gasteiger partial charge in [-0.15, -0.1) is 0 Å². The molecule has 0 bridgehead atoms. The number of aryl methyl sites for hydroxylation is 1. The lowest BCUT2D eigenvalue weighted by molar-refractivity contribution is -0.114. The van der Waals surface area contributed by atoms with E-state index in [2.05, 4.69) is 5.32 Å². The van der Waals surface area contributed by atoms with Crippen LogP contribution in [0.5, 0.6) is 0 Å². The first kappa shape index (κ1) is 11.2. The molecule has 1 aromatic rings. The van der Waals surface area contributed by atoms with E-state index in [9.17, 15) is 9.59 Å². The van der Waals surface area contributed by atoms with Gasteiger partial charge in [0.25, 0.3) is 0 Å². The Morgan fingerprint density at radius 2 is 2.07 bits per heavy atom. The summed E-state index contributed by atoms with van der Waals surface area (Å²) in [5, 5.41) is 11.5. The van der Waals surface area contributed by atoms with Gasteiger partial charge in [0, 0.05) is 6.92 Å². The Kier molecular flexibility index (Phi) is 3.44. The smallest absolute Gasteiger partial charge is 0.338 e. The van der Waals surface area contributed by atoms with Gasteiger partial charge >= 0.3 is 5.97 Å². The highest BCUT2D eigenvalue weighted by molar-refractivity contribution is 6.01. The summed E-state index contributed by atoms with van der Waals surface area (Å²) < 4.78 is 0. The lowest BCUT2D eigenvalue weighted by Crippen LogP contribution is -2.12. The molecule has 0 radical (unpaired) electrons. The Hall–Kier alpha value is -1.84. The quantitative estimate of drug-likeness (QED) is 0.795. The molecule has 4 nitrogen and oxygen atoms in total. The number of carbonyl (C=O) groups is 2. The topological polar surface area (TPSA) is 66.4 Å². The number of hydrogen-bond donors (Lipinski definition) is 2. The van der Waals surface area contributed by atoms with Crippen molar-refractivity contribution < 1.29 is 14.7 Å². The number of anilines is 1. The van der Waals surface area contributed by atoms with Crippen LogP contribution < -0.4 is 5.32 Å². The van der Waals surface area contributed by atoms with E-state index >= 15 is 0 Å². The Balaban J connectivity index is 3.25. The minimum Gasteiger partial charge on any atom is -0.478 e. The van der Waals surface area contributed by atoms with Crippen molar-refractivity contribution in [2.24, 2.45) is 0 Å². The van der Waals surface area contributed by atoms with Crippen molar-refractivity contribution in [3.8, 4) is 0 Å². The molecule has 0 aromatic heterocycles. The second kappa shape index (κ2) is 4.59. The summed E-state index contributed by atoms with van der Waals surface area (Å²) in [4.78, 5) is 21.9. The van der Waals surface area contributed by atoms with Crippen molar-refractivity contribution >= 4 is 17.6 Å². The molecule has 1 aromatic carbocycles. The van der Waals surface area contributed by atoms with Crippen LogP contribution in [0, 0.1) is 0 Å². The predicted octanol–water partition coefficient (Wildman–Crippen LogP) is 1.91. The molecular formula is C11H13NO3. The van der Waals surface area contributed by atoms with E-state index in [1.54, 1.807) is 18.2 Å². The fourth-order valence-corrected chi connectivity index (χ4v) is 1.44. The predicted molar refractivity (Wildman–Crippen MR) is 57.1 cm³/mol. The van der Waals surface area contributed by atoms with Crippen LogP contribution in [0.4, 0.5) is 5.69 Å². The molecule has 0 atom stereocenters. The summed E-state index contributed by atoms with van der Waals surface area (Å²) in [6, 6.07) is 5.06. The molecule has 0 heterocycles. The van der Waals surface area contributed by atoms with Gasteiger partial charge in [0.1, 0.15) is 0 Å². The lowest BCUT2D eigenvalue weighted by Gasteiger charge is -2.10. The molecule has 0 aliphatic carbocycles. The van der Waals surface area contributed by atoms with E-state index in [1.807, 2.05) is 6.92 Å². The number of carboxylic acids is 1. The summed E-state index contributed by atoms with van der Waals surface area (Å²) in [5.41, 5.74) is 1.25. The van der Waals surface area contributed by atoms with Gasteiger partial charge < -0.3 is 10.4 Å². The Morgan fingerprint density at radius 1 is 1.40 bits per heavy atom. The molecule has 1 rings (SSSR count). The second-order valence-electron chi connectivity index (χ2n) is 3.18. The van der Waals surface area contributed by atoms with Crippen LogP contribution in [0.15, 0.2) is 18.2 Å². The van der Waals surface area contributed by atoms with Crippen LogP contribution in [-0.4, -0.2) is 17.0 Å². The van der Waals surface area contributed by atoms with Gasteiger partial charge in [-0.05, 0) is 18.1 Å². The molecular weight excluding hydrogens is 194 g/mol. The molecule has 2 N–H and O–H groups in total. The number of rotatable bonds is 3. The average molecular weight is 207 g/mol. The minimum absolute atomic E-state index is 0.176. The Bertz CT molecular complexity index is 399. The first-order chi connectivity index (χ1) is 7.06. The molecule has 15 heavy (non-hydrogen) atoms. The van der Waals surface area contributed by atoms with Crippen LogP contribution in [0.3, 0.4) is 0 Å². The van der Waals surface area contributed by atoms with Crippen LogP contribution in [0.25, 0.3) is 0 Å². The third-order valence-corrected chi connectivity index (χ3v) is 2.06. The third-order valence-electron chi connectivity index (χ3n) is 2.06. The average Bonchev–Trinajstić information content (AvgIpc) is 2.15. The number of aromatic carboxylic acids is 1. The minimum atomic E-state index is -1.02. The zero-order chi connectivity index (χ0) is 11.4. The molecule has 0 unspecified atom stereocenters. The number of benzene rings is 1. The highest BCUT2D eigenvalue weighted by Crippen LogP contribution is 2.20. The Morgan fingerprint density at radius 3 is 2.53 bits per heavy atom. The molecule has 0 fully saturated rings. The van der Waals surface area contributed by atoms with Crippen molar-refractivity contribution in [3.63, 3.8) is 0 Å². The van der Waals surface area contributed by atoms with Gasteiger partial charge in [-0.1, -0.05) is 19.1 Å². The van der Waals surface area contributed by atoms with Gasteiger partial charge in [-0.2, -0.15) is 0 Å². The largest absolute Gasteiger partial charge is 0.478 e. The maximum absolute atomic E-state index is 11.0. The maximum atomic E-state index is 11.0. The van der Waals surface area contributed by atoms with Crippen molar-refractivity contribution in [2.45, 2.75) is 20.3 Å². The van der Waals surface area contributed by atoms with E-state index in [1.165, 1.54) is 6.92 Å². The van der Waals surface area contributed by atoms with Crippen LogP contribution in [0.2, 0.25) is 0 Å². The van der Waals surface area contributed by atoms with Gasteiger partial charge in [-0.25, -0.2) is 4.79 Å². The molecule has 80 valence electrons. The Labute approximate surface area is 87.9 Å². The van der Waals surface area contributed by atoms with E-state index in [4.69, 9.17) is 5.11 Å². The summed E-state index contributed by atoms with van der Waals surface area (Å²) in [7, 11) is 0. The molecule has 0 spiro atoms. The molecule has 0 aliphatic rings. The van der Waals surface area contributed by atoms with E-state index in [0.717, 1.165) is 0 Å². The van der Waals surface area contributed by atoms with E-state index in [-0.39, 0.29) is 11.5 Å². The highest BCUT2D eigenvalue weighted by atomic mass is 16.4. The molecule has 4 heteroatoms. The third kappa shape index (κ3) is 2.56. The van der Waals surface area contributed by atoms with Gasteiger partial charge in [0.05, 0.1) is 11.3 Å². The summed E-state index contributed by atoms with van der Waals surface area (Å²) >= 11 is 0. The number of nitrogens with one attached hydrogen (secondary N) is 1. The van der Waals surface area contributed by atoms with Crippen molar-refractivity contribution in [1.29, 1.82) is 0 Å². The number of carboxylic acid groups (broad SMARTS) is 1. The first-order valence-corrected chi connectivity index (χ1v) is 4.69. The van der Waals surface area contributed by atoms with Crippen molar-refractivity contribution in [3.05, 3.63) is 29.3 Å². The van der Waals surface area contributed by atoms with Gasteiger partial charge in [0.2, 0.25) is 5.91 Å². The zero-order valence-electron chi connectivity index (χ0n) is 8.70. The first-order valence-electron chi connectivity index (χ1n) is 4.69. The van der Waals surface area contributed by atoms with Crippen LogP contribution in [0.1, 0.15) is 29.8 Å². The van der Waals surface area contributed by atoms with Gasteiger partial charge in [0.15, 0.2) is 0 Å². The van der Waals surface area contributed by atoms with Gasteiger partial charge in [-0.3, -0.25) is 4.79 Å². The maximum Gasteiger partial charge on any atom is 0.338 e. The van der Waals surface area contributed by atoms with Crippen LogP contribution in [-0.2, 0) is 11.2 Å². The summed E-state index contributed by atoms with van der Waals surface area (Å²) in [6.07, 6.45) is 0.620. The standard InChI is InChI=1S/C11H13NO3/c1-3-8-5-4-6-9(12-7(2)13)10(8)11(14)15/h4-6H,3H2,1-2H3,(H,12,13)(H,14,15). The number of carbonyl (C=O) groups excluding carboxylic acids is 1. The molecule has 0 saturated heterocycles. The fourth-order valence-electron chi connectivity index (χ4n) is 1.44. The van der Waals surface area contributed by atoms with Crippen LogP contribution >= 0.6 is 0 Å². The fraction of sp³-hybridized carbons (Fsp3) is 0.273. The zero-order valence-corrected chi connectivity index (χ0v) is 8.70. The number of amides is 1. The van der Waals surface area contributed by atoms with Crippen molar-refractivity contribution in [1.82, 2.24) is 0 Å². The summed E-state index contributed by atoms with van der Waals surface area (Å²) in [6.45, 7) is 3.23. The molecule has 0 saturated carbocycles. The van der Waals surface area contributed by atoms with E-state index in [0.29, 0.717) is 17.7 Å². The highest BCUT2D eigenvalue weighted by Gasteiger charge is 2.14. The second-order valence-corrected chi connectivity index (χ2v) is 3.18. The monoisotopic (exact) mass is 207 g/mol. The molecule has 0 aliphatic heterocycles. The number of hydrogen-bond acceptors (Lipinski definition) is 2. The SMILES string of the molecule is CCc1cccc(NC(C)=O)c1C(=O)O. The molecule has 1 amide bonds. The van der Waals surface area contributed by atoms with E-state index < -0.39 is 5.97 Å². The normalized spacial score (nSPS) is 9.73. The lowest BCUT2D eigenvalue weighted by atomic mass is 10.0.